The van der Waals surface area contributed by atoms with E-state index in [0.29, 0.717) is 0 Å². The molecule has 0 atom stereocenters. The molecule has 0 unspecified atom stereocenters. The molecule has 0 fully saturated rings. The lowest BCUT2D eigenvalue weighted by atomic mass is 9.77. The summed E-state index contributed by atoms with van der Waals surface area (Å²) in [6.07, 6.45) is 1.89. The third kappa shape index (κ3) is 2.47. The second-order valence-corrected chi connectivity index (χ2v) is 7.08. The van der Waals surface area contributed by atoms with Gasteiger partial charge in [0, 0.05) is 0 Å². The summed E-state index contributed by atoms with van der Waals surface area (Å²) in [5.41, 5.74) is 8.07. The van der Waals surface area contributed by atoms with Gasteiger partial charge in [-0.1, -0.05) is 72.2 Å². The van der Waals surface area contributed by atoms with Crippen LogP contribution in [-0.4, -0.2) is 7.85 Å². The quantitative estimate of drug-likeness (QED) is 0.394. The molecule has 4 aromatic rings. The van der Waals surface area contributed by atoms with Gasteiger partial charge in [0.15, 0.2) is 0 Å². The van der Waals surface area contributed by atoms with Gasteiger partial charge in [-0.2, -0.15) is 0 Å². The summed E-state index contributed by atoms with van der Waals surface area (Å²) < 4.78 is 0. The van der Waals surface area contributed by atoms with Crippen LogP contribution in [0.3, 0.4) is 0 Å². The number of benzene rings is 4. The molecule has 0 amide bonds. The minimum absolute atomic E-state index is 0.864. The van der Waals surface area contributed by atoms with Gasteiger partial charge in [-0.15, -0.1) is 0 Å². The summed E-state index contributed by atoms with van der Waals surface area (Å²) in [6, 6.07) is 19.5. The van der Waals surface area contributed by atoms with Crippen molar-refractivity contribution in [3.63, 3.8) is 0 Å². The van der Waals surface area contributed by atoms with Crippen LogP contribution in [0.25, 0.3) is 38.7 Å². The van der Waals surface area contributed by atoms with E-state index in [4.69, 9.17) is 7.85 Å². The van der Waals surface area contributed by atoms with Crippen molar-refractivity contribution in [3.8, 4) is 11.1 Å². The van der Waals surface area contributed by atoms with Gasteiger partial charge in [-0.25, -0.2) is 0 Å². The zero-order valence-corrected chi connectivity index (χ0v) is 15.6. The lowest BCUT2D eigenvalue weighted by molar-refractivity contribution is 1.37. The Bertz CT molecular complexity index is 1180. The summed E-state index contributed by atoms with van der Waals surface area (Å²) in [5, 5.41) is 4.90. The molecule has 0 aliphatic rings. The zero-order valence-electron chi connectivity index (χ0n) is 15.6. The monoisotopic (exact) mass is 332 g/mol. The molecule has 2 radical (unpaired) electrons. The molecule has 124 valence electrons. The highest BCUT2D eigenvalue weighted by Gasteiger charge is 2.16. The first-order chi connectivity index (χ1) is 12.5. The Morgan fingerprint density at radius 1 is 0.769 bits per heavy atom. The van der Waals surface area contributed by atoms with Crippen molar-refractivity contribution in [2.24, 2.45) is 0 Å². The van der Waals surface area contributed by atoms with Crippen molar-refractivity contribution < 1.29 is 0 Å². The van der Waals surface area contributed by atoms with Crippen LogP contribution >= 0.6 is 0 Å². The zero-order chi connectivity index (χ0) is 18.4. The maximum absolute atomic E-state index is 6.64. The molecular formula is C25H21B. The van der Waals surface area contributed by atoms with E-state index in [1.54, 1.807) is 0 Å². The van der Waals surface area contributed by atoms with E-state index < -0.39 is 0 Å². The lowest BCUT2D eigenvalue weighted by Gasteiger charge is -2.20. The highest BCUT2D eigenvalue weighted by atomic mass is 14.2. The number of hydrogen-bond donors (Lipinski definition) is 0. The molecular weight excluding hydrogens is 311 g/mol. The predicted molar refractivity (Wildman–Crippen MR) is 117 cm³/mol. The van der Waals surface area contributed by atoms with Gasteiger partial charge in [0.2, 0.25) is 0 Å². The fourth-order valence-electron chi connectivity index (χ4n) is 3.89. The van der Waals surface area contributed by atoms with Crippen molar-refractivity contribution in [1.29, 1.82) is 0 Å². The van der Waals surface area contributed by atoms with Gasteiger partial charge in [-0.05, 0) is 76.2 Å². The molecule has 0 saturated heterocycles. The van der Waals surface area contributed by atoms with Gasteiger partial charge < -0.3 is 0 Å². The molecule has 0 saturated carbocycles. The van der Waals surface area contributed by atoms with Gasteiger partial charge in [-0.3, -0.25) is 0 Å². The first kappa shape index (κ1) is 16.7. The van der Waals surface area contributed by atoms with E-state index in [0.717, 1.165) is 22.2 Å². The van der Waals surface area contributed by atoms with E-state index in [1.165, 1.54) is 38.2 Å². The van der Waals surface area contributed by atoms with Crippen LogP contribution in [0.1, 0.15) is 22.3 Å². The van der Waals surface area contributed by atoms with Crippen LogP contribution < -0.4 is 5.46 Å². The second-order valence-electron chi connectivity index (χ2n) is 7.08. The number of aryl methyl sites for hydroxylation is 2. The lowest BCUT2D eigenvalue weighted by Crippen LogP contribution is -2.13. The number of hydrogen-bond acceptors (Lipinski definition) is 0. The average molecular weight is 332 g/mol. The molecule has 4 rings (SSSR count). The van der Waals surface area contributed by atoms with Crippen molar-refractivity contribution in [2.45, 2.75) is 20.8 Å². The molecule has 0 aliphatic heterocycles. The van der Waals surface area contributed by atoms with Crippen molar-refractivity contribution in [1.82, 2.24) is 0 Å². The van der Waals surface area contributed by atoms with Crippen molar-refractivity contribution >= 4 is 40.9 Å². The Labute approximate surface area is 156 Å². The van der Waals surface area contributed by atoms with Crippen LogP contribution in [0, 0.1) is 20.8 Å². The number of fused-ring (bicyclic) bond motifs is 2. The molecule has 0 spiro atoms. The van der Waals surface area contributed by atoms with E-state index in [1.807, 2.05) is 6.08 Å². The molecule has 4 aromatic carbocycles. The van der Waals surface area contributed by atoms with Crippen LogP contribution in [0.15, 0.2) is 61.2 Å². The minimum atomic E-state index is 0.864. The van der Waals surface area contributed by atoms with E-state index in [-0.39, 0.29) is 0 Å². The fraction of sp³-hybridized carbons (Fsp3) is 0.120. The first-order valence-electron chi connectivity index (χ1n) is 8.96. The molecule has 0 heterocycles. The van der Waals surface area contributed by atoms with Gasteiger partial charge >= 0.3 is 0 Å². The molecule has 0 N–H and O–H groups in total. The Kier molecular flexibility index (Phi) is 3.96. The second kappa shape index (κ2) is 6.18. The van der Waals surface area contributed by atoms with E-state index >= 15 is 0 Å². The summed E-state index contributed by atoms with van der Waals surface area (Å²) in [7, 11) is 6.64. The van der Waals surface area contributed by atoms with Crippen LogP contribution in [-0.2, 0) is 0 Å². The van der Waals surface area contributed by atoms with Crippen LogP contribution in [0.5, 0.6) is 0 Å². The maximum Gasteiger partial charge on any atom is 0.115 e. The largest absolute Gasteiger partial charge is 0.115 e. The third-order valence-electron chi connectivity index (χ3n) is 5.47. The summed E-state index contributed by atoms with van der Waals surface area (Å²) in [6.45, 7) is 10.4. The summed E-state index contributed by atoms with van der Waals surface area (Å²) in [5.74, 6) is 0. The minimum Gasteiger partial charge on any atom is -0.0985 e. The SMILES string of the molecule is [B]c1c(C)cc2cc(C=C)ccc2c1-c1c(C)c(C)cc2ccccc12. The first-order valence-corrected chi connectivity index (χ1v) is 8.96. The predicted octanol–water partition coefficient (Wildman–Crippen LogP) is 6.02. The smallest absolute Gasteiger partial charge is 0.0985 e. The summed E-state index contributed by atoms with van der Waals surface area (Å²) in [4.78, 5) is 0. The topological polar surface area (TPSA) is 0 Å². The average Bonchev–Trinajstić information content (AvgIpc) is 2.64. The molecule has 1 heteroatoms. The molecule has 26 heavy (non-hydrogen) atoms. The van der Waals surface area contributed by atoms with Gasteiger partial charge in [0.25, 0.3) is 0 Å². The highest BCUT2D eigenvalue weighted by Crippen LogP contribution is 2.37. The Hall–Kier alpha value is -2.80. The Morgan fingerprint density at radius 3 is 2.23 bits per heavy atom. The molecule has 0 aromatic heterocycles. The number of rotatable bonds is 2. The molecule has 0 aliphatic carbocycles. The van der Waals surface area contributed by atoms with E-state index in [9.17, 15) is 0 Å². The maximum atomic E-state index is 6.64. The molecule has 0 bridgehead atoms. The van der Waals surface area contributed by atoms with Gasteiger partial charge in [0.05, 0.1) is 0 Å². The third-order valence-corrected chi connectivity index (χ3v) is 5.47. The Balaban J connectivity index is 2.23. The van der Waals surface area contributed by atoms with Crippen LogP contribution in [0.4, 0.5) is 0 Å². The fourth-order valence-corrected chi connectivity index (χ4v) is 3.89. The van der Waals surface area contributed by atoms with Crippen molar-refractivity contribution in [3.05, 3.63) is 83.4 Å². The van der Waals surface area contributed by atoms with Gasteiger partial charge in [0.1, 0.15) is 7.85 Å². The summed E-state index contributed by atoms with van der Waals surface area (Å²) >= 11 is 0. The van der Waals surface area contributed by atoms with E-state index in [2.05, 4.69) is 81.9 Å². The standard InChI is InChI=1S/C25H21B/c1-5-18-10-11-22-20(14-18)13-16(3)25(26)24(22)23-17(4)15(2)12-19-8-6-7-9-21(19)23/h5-14H,1H2,2-4H3. The normalized spacial score (nSPS) is 11.2. The molecule has 0 nitrogen and oxygen atoms in total. The Morgan fingerprint density at radius 2 is 1.46 bits per heavy atom. The van der Waals surface area contributed by atoms with Crippen LogP contribution in [0.2, 0.25) is 0 Å². The van der Waals surface area contributed by atoms with Crippen molar-refractivity contribution in [2.75, 3.05) is 0 Å². The highest BCUT2D eigenvalue weighted by molar-refractivity contribution is 6.40.